The highest BCUT2D eigenvalue weighted by Crippen LogP contribution is 2.21. The summed E-state index contributed by atoms with van der Waals surface area (Å²) in [4.78, 5) is 7.92. The van der Waals surface area contributed by atoms with Gasteiger partial charge in [0, 0.05) is 31.1 Å². The Morgan fingerprint density at radius 3 is 2.59 bits per heavy atom. The fourth-order valence-electron chi connectivity index (χ4n) is 3.92. The minimum atomic E-state index is -0.663. The monoisotopic (exact) mass is 480 g/mol. The first-order valence-electron chi connectivity index (χ1n) is 11.3. The summed E-state index contributed by atoms with van der Waals surface area (Å²) in [6, 6.07) is 25.1. The molecule has 4 rings (SSSR count). The van der Waals surface area contributed by atoms with Gasteiger partial charge in [0.2, 0.25) is 0 Å². The summed E-state index contributed by atoms with van der Waals surface area (Å²) in [5, 5.41) is 15.7. The summed E-state index contributed by atoms with van der Waals surface area (Å²) in [6.45, 7) is 1.88. The maximum Gasteiger partial charge on any atom is 0.145 e. The number of ether oxygens (including phenoxy) is 2. The van der Waals surface area contributed by atoms with E-state index < -0.39 is 6.10 Å². The van der Waals surface area contributed by atoms with Gasteiger partial charge in [-0.1, -0.05) is 59.2 Å². The zero-order chi connectivity index (χ0) is 23.8. The van der Waals surface area contributed by atoms with Crippen LogP contribution in [0, 0.1) is 0 Å². The second-order valence-electron chi connectivity index (χ2n) is 8.30. The molecule has 0 saturated heterocycles. The van der Waals surface area contributed by atoms with E-state index in [1.807, 2.05) is 78.9 Å². The number of halogens is 1. The largest absolute Gasteiger partial charge is 0.497 e. The molecule has 0 saturated carbocycles. The molecule has 2 atom stereocenters. The number of aliphatic hydroxyl groups excluding tert-OH is 1. The van der Waals surface area contributed by atoms with E-state index >= 15 is 0 Å². The van der Waals surface area contributed by atoms with Gasteiger partial charge in [0.15, 0.2) is 0 Å². The van der Waals surface area contributed by atoms with Crippen molar-refractivity contribution in [3.05, 3.63) is 95.0 Å². The lowest BCUT2D eigenvalue weighted by Crippen LogP contribution is -2.39. The van der Waals surface area contributed by atoms with E-state index in [9.17, 15) is 5.11 Å². The van der Waals surface area contributed by atoms with Gasteiger partial charge in [-0.15, -0.1) is 0 Å². The average Bonchev–Trinajstić information content (AvgIpc) is 3.32. The van der Waals surface area contributed by atoms with Crippen LogP contribution in [0.25, 0.3) is 0 Å². The maximum absolute atomic E-state index is 10.7. The first kappa shape index (κ1) is 24.1. The Bertz CT molecular complexity index is 1080. The summed E-state index contributed by atoms with van der Waals surface area (Å²) in [5.74, 6) is 1.54. The molecule has 0 bridgehead atoms. The summed E-state index contributed by atoms with van der Waals surface area (Å²) in [5.41, 5.74) is 2.99. The minimum Gasteiger partial charge on any atom is -0.497 e. The van der Waals surface area contributed by atoms with Crippen molar-refractivity contribution < 1.29 is 19.4 Å². The third-order valence-corrected chi connectivity index (χ3v) is 5.82. The quantitative estimate of drug-likeness (QED) is 0.427. The summed E-state index contributed by atoms with van der Waals surface area (Å²) in [6.07, 6.45) is -0.0882. The van der Waals surface area contributed by atoms with Crippen LogP contribution in [0.2, 0.25) is 5.02 Å². The van der Waals surface area contributed by atoms with Gasteiger partial charge in [-0.3, -0.25) is 4.90 Å². The summed E-state index contributed by atoms with van der Waals surface area (Å²) in [7, 11) is 1.66. The molecular weight excluding hydrogens is 452 g/mol. The molecule has 178 valence electrons. The van der Waals surface area contributed by atoms with Crippen LogP contribution in [0.15, 0.2) is 84.0 Å². The molecule has 0 amide bonds. The van der Waals surface area contributed by atoms with Crippen molar-refractivity contribution in [1.82, 2.24) is 4.90 Å². The standard InChI is InChI=1S/C27H29ClN2O4/c1-32-25-9-5-6-20(14-25)16-30(17-23(31)19-33-24-7-3-2-4-8-24)18-26-15-27(29-34-26)21-10-12-22(28)13-11-21/h2-14,23,26,31H,15-19H2,1H3/t23-,26+/m1/s1. The average molecular weight is 481 g/mol. The third kappa shape index (κ3) is 6.97. The lowest BCUT2D eigenvalue weighted by molar-refractivity contribution is 0.0213. The molecule has 1 aliphatic rings. The number of nitrogens with zero attached hydrogens (tertiary/aromatic N) is 2. The van der Waals surface area contributed by atoms with E-state index in [-0.39, 0.29) is 12.7 Å². The Balaban J connectivity index is 1.39. The fourth-order valence-corrected chi connectivity index (χ4v) is 4.05. The molecule has 0 spiro atoms. The van der Waals surface area contributed by atoms with Gasteiger partial charge in [-0.05, 0) is 47.5 Å². The van der Waals surface area contributed by atoms with Crippen LogP contribution < -0.4 is 9.47 Å². The molecule has 1 aliphatic heterocycles. The molecule has 34 heavy (non-hydrogen) atoms. The van der Waals surface area contributed by atoms with E-state index in [1.54, 1.807) is 7.11 Å². The predicted octanol–water partition coefficient (Wildman–Crippen LogP) is 4.78. The Morgan fingerprint density at radius 2 is 1.82 bits per heavy atom. The highest BCUT2D eigenvalue weighted by molar-refractivity contribution is 6.30. The lowest BCUT2D eigenvalue weighted by Gasteiger charge is -2.27. The summed E-state index contributed by atoms with van der Waals surface area (Å²) < 4.78 is 11.1. The smallest absolute Gasteiger partial charge is 0.145 e. The Kier molecular flexibility index (Phi) is 8.41. The third-order valence-electron chi connectivity index (χ3n) is 5.57. The maximum atomic E-state index is 10.7. The zero-order valence-electron chi connectivity index (χ0n) is 19.1. The van der Waals surface area contributed by atoms with E-state index in [1.165, 1.54) is 0 Å². The second kappa shape index (κ2) is 11.9. The molecule has 0 fully saturated rings. The summed E-state index contributed by atoms with van der Waals surface area (Å²) >= 11 is 6.01. The highest BCUT2D eigenvalue weighted by Gasteiger charge is 2.26. The van der Waals surface area contributed by atoms with Gasteiger partial charge < -0.3 is 19.4 Å². The van der Waals surface area contributed by atoms with Crippen molar-refractivity contribution in [1.29, 1.82) is 0 Å². The van der Waals surface area contributed by atoms with E-state index in [4.69, 9.17) is 25.9 Å². The molecular formula is C27H29ClN2O4. The van der Waals surface area contributed by atoms with Gasteiger partial charge in [0.25, 0.3) is 0 Å². The molecule has 7 heteroatoms. The number of para-hydroxylation sites is 1. The molecule has 3 aromatic rings. The Labute approximate surface area is 205 Å². The molecule has 6 nitrogen and oxygen atoms in total. The van der Waals surface area contributed by atoms with E-state index in [0.29, 0.717) is 31.1 Å². The lowest BCUT2D eigenvalue weighted by atomic mass is 10.0. The van der Waals surface area contributed by atoms with Gasteiger partial charge in [0.05, 0.1) is 12.8 Å². The Morgan fingerprint density at radius 1 is 1.06 bits per heavy atom. The second-order valence-corrected chi connectivity index (χ2v) is 8.74. The fraction of sp³-hybridized carbons (Fsp3) is 0.296. The van der Waals surface area contributed by atoms with Crippen molar-refractivity contribution in [3.8, 4) is 11.5 Å². The molecule has 1 N–H and O–H groups in total. The molecule has 0 aliphatic carbocycles. The van der Waals surface area contributed by atoms with Crippen LogP contribution >= 0.6 is 11.6 Å². The molecule has 0 radical (unpaired) electrons. The normalized spacial score (nSPS) is 16.1. The Hall–Kier alpha value is -3.06. The van der Waals surface area contributed by atoms with Crippen molar-refractivity contribution in [2.24, 2.45) is 5.16 Å². The zero-order valence-corrected chi connectivity index (χ0v) is 19.9. The highest BCUT2D eigenvalue weighted by atomic mass is 35.5. The number of aliphatic hydroxyl groups is 1. The number of methoxy groups -OCH3 is 1. The molecule has 3 aromatic carbocycles. The molecule has 0 aromatic heterocycles. The number of rotatable bonds is 11. The van der Waals surface area contributed by atoms with Crippen LogP contribution in [0.1, 0.15) is 17.5 Å². The van der Waals surface area contributed by atoms with Crippen molar-refractivity contribution in [2.45, 2.75) is 25.2 Å². The minimum absolute atomic E-state index is 0.112. The molecule has 1 heterocycles. The SMILES string of the molecule is COc1cccc(CN(C[C@@H](O)COc2ccccc2)C[C@@H]2CC(c3ccc(Cl)cc3)=NO2)c1. The van der Waals surface area contributed by atoms with Gasteiger partial charge in [-0.2, -0.15) is 0 Å². The first-order valence-corrected chi connectivity index (χ1v) is 11.7. The number of hydrogen-bond donors (Lipinski definition) is 1. The number of benzene rings is 3. The van der Waals surface area contributed by atoms with E-state index in [2.05, 4.69) is 10.1 Å². The van der Waals surface area contributed by atoms with Crippen LogP contribution in [0.4, 0.5) is 0 Å². The van der Waals surface area contributed by atoms with Gasteiger partial charge in [0.1, 0.15) is 30.3 Å². The van der Waals surface area contributed by atoms with Gasteiger partial charge >= 0.3 is 0 Å². The van der Waals surface area contributed by atoms with Crippen LogP contribution in [-0.4, -0.2) is 54.7 Å². The molecule has 0 unspecified atom stereocenters. The van der Waals surface area contributed by atoms with Crippen LogP contribution in [0.5, 0.6) is 11.5 Å². The van der Waals surface area contributed by atoms with Crippen molar-refractivity contribution in [2.75, 3.05) is 26.8 Å². The van der Waals surface area contributed by atoms with Crippen LogP contribution in [0.3, 0.4) is 0 Å². The van der Waals surface area contributed by atoms with Gasteiger partial charge in [-0.25, -0.2) is 0 Å². The number of oxime groups is 1. The predicted molar refractivity (Wildman–Crippen MR) is 134 cm³/mol. The van der Waals surface area contributed by atoms with Crippen molar-refractivity contribution >= 4 is 17.3 Å². The van der Waals surface area contributed by atoms with Crippen molar-refractivity contribution in [3.63, 3.8) is 0 Å². The first-order chi connectivity index (χ1) is 16.6. The van der Waals surface area contributed by atoms with Crippen LogP contribution in [-0.2, 0) is 11.4 Å². The number of hydrogen-bond acceptors (Lipinski definition) is 6. The van der Waals surface area contributed by atoms with E-state index in [0.717, 1.165) is 28.3 Å². The topological polar surface area (TPSA) is 63.5 Å².